The fourth-order valence-electron chi connectivity index (χ4n) is 4.24. The molecule has 1 aliphatic rings. The third kappa shape index (κ3) is 4.41. The Morgan fingerprint density at radius 1 is 1.15 bits per heavy atom. The van der Waals surface area contributed by atoms with Crippen LogP contribution in [0, 0.1) is 0 Å². The number of rotatable bonds is 4. The van der Waals surface area contributed by atoms with E-state index in [-0.39, 0.29) is 24.6 Å². The van der Waals surface area contributed by atoms with Crippen molar-refractivity contribution in [3.63, 3.8) is 0 Å². The lowest BCUT2D eigenvalue weighted by Gasteiger charge is -2.14. The molecule has 0 amide bonds. The van der Waals surface area contributed by atoms with Crippen molar-refractivity contribution >= 4 is 23.3 Å². The highest BCUT2D eigenvalue weighted by Crippen LogP contribution is 2.29. The maximum atomic E-state index is 12.8. The summed E-state index contributed by atoms with van der Waals surface area (Å²) >= 11 is 0. The van der Waals surface area contributed by atoms with E-state index in [4.69, 9.17) is 4.74 Å². The molecular formula is C24H22ClF3N4O2. The van der Waals surface area contributed by atoms with E-state index in [0.717, 1.165) is 43.0 Å². The van der Waals surface area contributed by atoms with Gasteiger partial charge in [-0.1, -0.05) is 12.1 Å². The van der Waals surface area contributed by atoms with Crippen molar-refractivity contribution < 1.29 is 17.9 Å². The highest BCUT2D eigenvalue weighted by atomic mass is 35.5. The maximum absolute atomic E-state index is 12.8. The molecule has 0 fully saturated rings. The summed E-state index contributed by atoms with van der Waals surface area (Å²) in [6, 6.07) is 11.2. The van der Waals surface area contributed by atoms with Gasteiger partial charge in [0.1, 0.15) is 18.1 Å². The second-order valence-corrected chi connectivity index (χ2v) is 8.02. The summed E-state index contributed by atoms with van der Waals surface area (Å²) in [7, 11) is 2.04. The van der Waals surface area contributed by atoms with Crippen LogP contribution in [0.2, 0.25) is 0 Å². The number of nitrogens with zero attached hydrogens (tertiary/aromatic N) is 3. The van der Waals surface area contributed by atoms with Crippen LogP contribution in [0.25, 0.3) is 16.6 Å². The number of halogens is 4. The molecule has 3 aromatic heterocycles. The van der Waals surface area contributed by atoms with E-state index < -0.39 is 11.9 Å². The van der Waals surface area contributed by atoms with Gasteiger partial charge < -0.3 is 14.6 Å². The number of aryl methyl sites for hydroxylation is 1. The number of hydrogen-bond acceptors (Lipinski definition) is 4. The Morgan fingerprint density at radius 2 is 1.97 bits per heavy atom. The van der Waals surface area contributed by atoms with E-state index in [1.54, 1.807) is 12.3 Å². The first kappa shape index (κ1) is 23.8. The molecule has 0 atom stereocenters. The van der Waals surface area contributed by atoms with Gasteiger partial charge in [-0.2, -0.15) is 13.2 Å². The van der Waals surface area contributed by atoms with E-state index in [1.165, 1.54) is 33.3 Å². The molecule has 34 heavy (non-hydrogen) atoms. The zero-order valence-electron chi connectivity index (χ0n) is 18.2. The Bertz CT molecular complexity index is 1390. The number of alkyl halides is 3. The van der Waals surface area contributed by atoms with Gasteiger partial charge in [-0.25, -0.2) is 0 Å². The van der Waals surface area contributed by atoms with Gasteiger partial charge in [-0.15, -0.1) is 12.4 Å². The first-order chi connectivity index (χ1) is 15.8. The molecule has 5 rings (SSSR count). The molecule has 1 aromatic carbocycles. The molecule has 0 unspecified atom stereocenters. The Labute approximate surface area is 199 Å². The second-order valence-electron chi connectivity index (χ2n) is 8.02. The number of hydrogen-bond donors (Lipinski definition) is 1. The lowest BCUT2D eigenvalue weighted by atomic mass is 10.0. The summed E-state index contributed by atoms with van der Waals surface area (Å²) in [6.07, 6.45) is -0.752. The van der Waals surface area contributed by atoms with E-state index >= 15 is 0 Å². The summed E-state index contributed by atoms with van der Waals surface area (Å²) in [4.78, 5) is 16.2. The van der Waals surface area contributed by atoms with Crippen LogP contribution >= 0.6 is 12.4 Å². The van der Waals surface area contributed by atoms with Crippen molar-refractivity contribution in [3.05, 3.63) is 87.7 Å². The number of pyridine rings is 2. The molecule has 0 saturated carbocycles. The van der Waals surface area contributed by atoms with Crippen LogP contribution in [-0.4, -0.2) is 20.7 Å². The predicted molar refractivity (Wildman–Crippen MR) is 125 cm³/mol. The zero-order valence-corrected chi connectivity index (χ0v) is 19.0. The van der Waals surface area contributed by atoms with Crippen LogP contribution in [0.1, 0.15) is 22.5 Å². The van der Waals surface area contributed by atoms with Gasteiger partial charge >= 0.3 is 6.18 Å². The number of ether oxygens (including phenoxy) is 1. The first-order valence-corrected chi connectivity index (χ1v) is 10.5. The van der Waals surface area contributed by atoms with Crippen LogP contribution in [0.4, 0.5) is 13.2 Å². The van der Waals surface area contributed by atoms with Gasteiger partial charge in [0.2, 0.25) is 0 Å². The van der Waals surface area contributed by atoms with Crippen LogP contribution < -0.4 is 15.6 Å². The fourth-order valence-corrected chi connectivity index (χ4v) is 4.24. The van der Waals surface area contributed by atoms with Crippen LogP contribution in [0.3, 0.4) is 0 Å². The standard InChI is InChI=1S/C24H21F3N4O2.ClH/c1-30-20-10-16(3-4-18(20)19-6-8-28-13-21(19)30)31-9-7-17(11-23(31)32)33-14-15-2-5-22(29-12-15)24(25,26)27;/h2-5,7,9-12,28H,6,8,13-14H2,1H3;1H. The van der Waals surface area contributed by atoms with Crippen LogP contribution in [0.5, 0.6) is 5.75 Å². The molecule has 1 N–H and O–H groups in total. The van der Waals surface area contributed by atoms with Crippen molar-refractivity contribution in [1.29, 1.82) is 0 Å². The SMILES string of the molecule is Cl.Cn1c2c(c3ccc(-n4ccc(OCc5ccc(C(F)(F)F)nc5)cc4=O)cc31)CCNC2. The average molecular weight is 491 g/mol. The number of benzene rings is 1. The van der Waals surface area contributed by atoms with Crippen molar-refractivity contribution in [2.45, 2.75) is 25.7 Å². The molecule has 0 saturated heterocycles. The minimum atomic E-state index is -4.48. The van der Waals surface area contributed by atoms with Crippen molar-refractivity contribution in [2.24, 2.45) is 7.05 Å². The van der Waals surface area contributed by atoms with Crippen LogP contribution in [0.15, 0.2) is 59.7 Å². The summed E-state index contributed by atoms with van der Waals surface area (Å²) in [6.45, 7) is 1.79. The van der Waals surface area contributed by atoms with E-state index in [0.29, 0.717) is 11.3 Å². The van der Waals surface area contributed by atoms with Gasteiger partial charge in [-0.05, 0) is 42.8 Å². The molecule has 0 spiro atoms. The summed E-state index contributed by atoms with van der Waals surface area (Å²) < 4.78 is 47.2. The topological polar surface area (TPSA) is 61.1 Å². The number of nitrogens with one attached hydrogen (secondary N) is 1. The zero-order chi connectivity index (χ0) is 23.2. The first-order valence-electron chi connectivity index (χ1n) is 10.5. The molecular weight excluding hydrogens is 469 g/mol. The Kier molecular flexibility index (Phi) is 6.42. The van der Waals surface area contributed by atoms with Crippen molar-refractivity contribution in [1.82, 2.24) is 19.4 Å². The van der Waals surface area contributed by atoms with Gasteiger partial charge in [0.25, 0.3) is 5.56 Å². The molecule has 0 bridgehead atoms. The summed E-state index contributed by atoms with van der Waals surface area (Å²) in [5, 5.41) is 4.60. The third-order valence-electron chi connectivity index (χ3n) is 5.96. The quantitative estimate of drug-likeness (QED) is 0.461. The normalized spacial score (nSPS) is 13.4. The molecule has 1 aliphatic heterocycles. The van der Waals surface area contributed by atoms with Crippen molar-refractivity contribution in [2.75, 3.05) is 6.54 Å². The Balaban J connectivity index is 0.00000274. The molecule has 0 aliphatic carbocycles. The van der Waals surface area contributed by atoms with Crippen molar-refractivity contribution in [3.8, 4) is 11.4 Å². The number of aromatic nitrogens is 3. The fraction of sp³-hybridized carbons (Fsp3) is 0.250. The maximum Gasteiger partial charge on any atom is 0.433 e. The third-order valence-corrected chi connectivity index (χ3v) is 5.96. The van der Waals surface area contributed by atoms with E-state index in [1.807, 2.05) is 19.2 Å². The van der Waals surface area contributed by atoms with Gasteiger partial charge in [0, 0.05) is 48.7 Å². The Hall–Kier alpha value is -3.30. The largest absolute Gasteiger partial charge is 0.489 e. The average Bonchev–Trinajstić information content (AvgIpc) is 3.09. The lowest BCUT2D eigenvalue weighted by Crippen LogP contribution is -2.24. The second kappa shape index (κ2) is 9.15. The summed E-state index contributed by atoms with van der Waals surface area (Å²) in [5.41, 5.74) is 3.69. The highest BCUT2D eigenvalue weighted by molar-refractivity contribution is 5.87. The minimum Gasteiger partial charge on any atom is -0.489 e. The molecule has 178 valence electrons. The number of fused-ring (bicyclic) bond motifs is 3. The van der Waals surface area contributed by atoms with Crippen LogP contribution in [-0.2, 0) is 32.8 Å². The predicted octanol–water partition coefficient (Wildman–Crippen LogP) is 4.39. The lowest BCUT2D eigenvalue weighted by molar-refractivity contribution is -0.141. The summed E-state index contributed by atoms with van der Waals surface area (Å²) in [5.74, 6) is 0.331. The molecule has 10 heteroatoms. The van der Waals surface area contributed by atoms with Gasteiger partial charge in [0.15, 0.2) is 0 Å². The van der Waals surface area contributed by atoms with E-state index in [2.05, 4.69) is 20.9 Å². The molecule has 4 heterocycles. The molecule has 0 radical (unpaired) electrons. The van der Waals surface area contributed by atoms with Gasteiger partial charge in [-0.3, -0.25) is 14.3 Å². The molecule has 6 nitrogen and oxygen atoms in total. The highest BCUT2D eigenvalue weighted by Gasteiger charge is 2.32. The minimum absolute atomic E-state index is 0. The smallest absolute Gasteiger partial charge is 0.433 e. The molecule has 4 aromatic rings. The van der Waals surface area contributed by atoms with Gasteiger partial charge in [0.05, 0.1) is 11.2 Å². The monoisotopic (exact) mass is 490 g/mol. The Morgan fingerprint density at radius 3 is 2.68 bits per heavy atom. The van der Waals surface area contributed by atoms with E-state index in [9.17, 15) is 18.0 Å².